The van der Waals surface area contributed by atoms with Gasteiger partial charge in [-0.25, -0.2) is 9.97 Å². The maximum Gasteiger partial charge on any atom is 0.164 e. The van der Waals surface area contributed by atoms with Gasteiger partial charge in [-0.2, -0.15) is 0 Å². The molecule has 2 aromatic rings. The predicted molar refractivity (Wildman–Crippen MR) is 71.8 cm³/mol. The molecule has 1 aromatic carbocycles. The van der Waals surface area contributed by atoms with Gasteiger partial charge in [0.1, 0.15) is 5.82 Å². The summed E-state index contributed by atoms with van der Waals surface area (Å²) < 4.78 is 0. The Morgan fingerprint density at radius 3 is 2.35 bits per heavy atom. The van der Waals surface area contributed by atoms with Gasteiger partial charge < -0.3 is 5.32 Å². The van der Waals surface area contributed by atoms with Crippen molar-refractivity contribution in [2.75, 3.05) is 12.4 Å². The Balaban J connectivity index is 2.64. The molecular weight excluding hydrogens is 257 g/mol. The monoisotopic (exact) mass is 267 g/mol. The molecule has 0 fully saturated rings. The molecular formula is C12H11Cl2N3. The lowest BCUT2D eigenvalue weighted by Gasteiger charge is -2.08. The molecule has 0 aliphatic carbocycles. The highest BCUT2D eigenvalue weighted by atomic mass is 35.5. The first-order valence-corrected chi connectivity index (χ1v) is 5.85. The van der Waals surface area contributed by atoms with Crippen LogP contribution in [0.1, 0.15) is 5.69 Å². The van der Waals surface area contributed by atoms with Crippen molar-refractivity contribution in [2.24, 2.45) is 0 Å². The molecule has 1 heterocycles. The highest BCUT2D eigenvalue weighted by Crippen LogP contribution is 2.32. The highest BCUT2D eigenvalue weighted by molar-refractivity contribution is 6.38. The fourth-order valence-electron chi connectivity index (χ4n) is 1.52. The van der Waals surface area contributed by atoms with Gasteiger partial charge in [-0.15, -0.1) is 0 Å². The number of nitrogens with one attached hydrogen (secondary N) is 1. The molecule has 1 aromatic heterocycles. The molecule has 0 radical (unpaired) electrons. The van der Waals surface area contributed by atoms with Crippen LogP contribution in [-0.4, -0.2) is 17.0 Å². The van der Waals surface area contributed by atoms with Crippen molar-refractivity contribution in [3.8, 4) is 11.4 Å². The van der Waals surface area contributed by atoms with E-state index in [9.17, 15) is 0 Å². The minimum absolute atomic E-state index is 0.532. The fourth-order valence-corrected chi connectivity index (χ4v) is 2.09. The number of anilines is 1. The number of benzene rings is 1. The van der Waals surface area contributed by atoms with Crippen molar-refractivity contribution in [2.45, 2.75) is 6.92 Å². The minimum Gasteiger partial charge on any atom is -0.373 e. The van der Waals surface area contributed by atoms with Crippen molar-refractivity contribution in [3.63, 3.8) is 0 Å². The quantitative estimate of drug-likeness (QED) is 0.900. The van der Waals surface area contributed by atoms with Gasteiger partial charge in [0, 0.05) is 18.8 Å². The first-order chi connectivity index (χ1) is 8.11. The van der Waals surface area contributed by atoms with E-state index in [0.29, 0.717) is 21.4 Å². The number of hydrogen-bond acceptors (Lipinski definition) is 3. The normalized spacial score (nSPS) is 10.4. The molecule has 0 aliphatic rings. The number of hydrogen-bond donors (Lipinski definition) is 1. The van der Waals surface area contributed by atoms with Crippen LogP contribution in [0.3, 0.4) is 0 Å². The van der Waals surface area contributed by atoms with Crippen molar-refractivity contribution in [1.82, 2.24) is 9.97 Å². The summed E-state index contributed by atoms with van der Waals surface area (Å²) in [7, 11) is 1.81. The van der Waals surface area contributed by atoms with Gasteiger partial charge >= 0.3 is 0 Å². The molecule has 0 saturated carbocycles. The van der Waals surface area contributed by atoms with Crippen molar-refractivity contribution in [1.29, 1.82) is 0 Å². The average molecular weight is 268 g/mol. The van der Waals surface area contributed by atoms with Crippen LogP contribution >= 0.6 is 23.2 Å². The van der Waals surface area contributed by atoms with E-state index in [1.165, 1.54) is 0 Å². The van der Waals surface area contributed by atoms with Crippen LogP contribution in [0.25, 0.3) is 11.4 Å². The van der Waals surface area contributed by atoms with Gasteiger partial charge in [0.25, 0.3) is 0 Å². The van der Waals surface area contributed by atoms with Crippen LogP contribution < -0.4 is 5.32 Å². The van der Waals surface area contributed by atoms with E-state index in [1.54, 1.807) is 25.2 Å². The van der Waals surface area contributed by atoms with Gasteiger partial charge in [0.15, 0.2) is 5.82 Å². The predicted octanol–water partition coefficient (Wildman–Crippen LogP) is 3.80. The zero-order chi connectivity index (χ0) is 12.4. The molecule has 0 amide bonds. The van der Waals surface area contributed by atoms with E-state index in [0.717, 1.165) is 11.5 Å². The average Bonchev–Trinajstić information content (AvgIpc) is 2.28. The zero-order valence-corrected chi connectivity index (χ0v) is 11.0. The van der Waals surface area contributed by atoms with Crippen LogP contribution in [0.15, 0.2) is 24.3 Å². The third-order valence-electron chi connectivity index (χ3n) is 2.30. The summed E-state index contributed by atoms with van der Waals surface area (Å²) in [4.78, 5) is 8.71. The first-order valence-electron chi connectivity index (χ1n) is 5.09. The number of halogens is 2. The standard InChI is InChI=1S/C12H11Cl2N3/c1-7-6-10(15-2)17-12(16-7)11-8(13)4-3-5-9(11)14/h3-6H,1-2H3,(H,15,16,17). The molecule has 3 nitrogen and oxygen atoms in total. The van der Waals surface area contributed by atoms with E-state index in [2.05, 4.69) is 15.3 Å². The summed E-state index contributed by atoms with van der Waals surface area (Å²) >= 11 is 12.3. The molecule has 1 N–H and O–H groups in total. The molecule has 0 bridgehead atoms. The van der Waals surface area contributed by atoms with Crippen molar-refractivity contribution >= 4 is 29.0 Å². The molecule has 0 spiro atoms. The second-order valence-corrected chi connectivity index (χ2v) is 4.38. The first kappa shape index (κ1) is 12.1. The van der Waals surface area contributed by atoms with E-state index < -0.39 is 0 Å². The Bertz CT molecular complexity index is 535. The number of aryl methyl sites for hydroxylation is 1. The summed E-state index contributed by atoms with van der Waals surface area (Å²) in [6.07, 6.45) is 0. The maximum absolute atomic E-state index is 6.13. The summed E-state index contributed by atoms with van der Waals surface area (Å²) in [5.74, 6) is 1.27. The molecule has 0 aliphatic heterocycles. The van der Waals surface area contributed by atoms with E-state index in [-0.39, 0.29) is 0 Å². The van der Waals surface area contributed by atoms with Crippen LogP contribution in [0.5, 0.6) is 0 Å². The molecule has 0 atom stereocenters. The van der Waals surface area contributed by atoms with E-state index >= 15 is 0 Å². The molecule has 17 heavy (non-hydrogen) atoms. The molecule has 88 valence electrons. The summed E-state index contributed by atoms with van der Waals surface area (Å²) in [5, 5.41) is 4.07. The van der Waals surface area contributed by atoms with E-state index in [1.807, 2.05) is 13.0 Å². The van der Waals surface area contributed by atoms with Gasteiger partial charge in [-0.05, 0) is 19.1 Å². The second-order valence-electron chi connectivity index (χ2n) is 3.56. The minimum atomic E-state index is 0.532. The summed E-state index contributed by atoms with van der Waals surface area (Å²) in [6.45, 7) is 1.90. The van der Waals surface area contributed by atoms with Gasteiger partial charge in [0.05, 0.1) is 15.6 Å². The van der Waals surface area contributed by atoms with Gasteiger partial charge in [-0.1, -0.05) is 29.3 Å². The summed E-state index contributed by atoms with van der Waals surface area (Å²) in [5.41, 5.74) is 1.52. The maximum atomic E-state index is 6.13. The molecule has 2 rings (SSSR count). The zero-order valence-electron chi connectivity index (χ0n) is 9.46. The second kappa shape index (κ2) is 4.90. The van der Waals surface area contributed by atoms with Crippen molar-refractivity contribution in [3.05, 3.63) is 40.0 Å². The van der Waals surface area contributed by atoms with Crippen molar-refractivity contribution < 1.29 is 0 Å². The summed E-state index contributed by atoms with van der Waals surface area (Å²) in [6, 6.07) is 7.19. The van der Waals surface area contributed by atoms with E-state index in [4.69, 9.17) is 23.2 Å². The smallest absolute Gasteiger partial charge is 0.164 e. The number of aromatic nitrogens is 2. The third kappa shape index (κ3) is 2.51. The Kier molecular flexibility index (Phi) is 3.50. The van der Waals surface area contributed by atoms with Crippen LogP contribution in [0, 0.1) is 6.92 Å². The van der Waals surface area contributed by atoms with Crippen LogP contribution in [-0.2, 0) is 0 Å². The molecule has 5 heteroatoms. The van der Waals surface area contributed by atoms with Crippen LogP contribution in [0.2, 0.25) is 10.0 Å². The number of nitrogens with zero attached hydrogens (tertiary/aromatic N) is 2. The Hall–Kier alpha value is -1.32. The highest BCUT2D eigenvalue weighted by Gasteiger charge is 2.12. The van der Waals surface area contributed by atoms with Crippen LogP contribution in [0.4, 0.5) is 5.82 Å². The van der Waals surface area contributed by atoms with Gasteiger partial charge in [-0.3, -0.25) is 0 Å². The molecule has 0 saturated heterocycles. The Labute approximate surface area is 110 Å². The largest absolute Gasteiger partial charge is 0.373 e. The SMILES string of the molecule is CNc1cc(C)nc(-c2c(Cl)cccc2Cl)n1. The fraction of sp³-hybridized carbons (Fsp3) is 0.167. The lowest BCUT2D eigenvalue weighted by Crippen LogP contribution is -1.99. The molecule has 0 unspecified atom stereocenters. The lowest BCUT2D eigenvalue weighted by atomic mass is 10.2. The number of rotatable bonds is 2. The Morgan fingerprint density at radius 2 is 1.76 bits per heavy atom. The topological polar surface area (TPSA) is 37.8 Å². The third-order valence-corrected chi connectivity index (χ3v) is 2.93. The lowest BCUT2D eigenvalue weighted by molar-refractivity contribution is 1.11. The van der Waals surface area contributed by atoms with Gasteiger partial charge in [0.2, 0.25) is 0 Å². The Morgan fingerprint density at radius 1 is 1.12 bits per heavy atom.